The number of sulfonamides is 1. The Balaban J connectivity index is 1.64. The van der Waals surface area contributed by atoms with Gasteiger partial charge >= 0.3 is 0 Å². The summed E-state index contributed by atoms with van der Waals surface area (Å²) in [5, 5.41) is 0. The molecule has 2 atom stereocenters. The van der Waals surface area contributed by atoms with Gasteiger partial charge in [0.2, 0.25) is 10.0 Å². The maximum Gasteiger partial charge on any atom is 0.243 e. The number of benzene rings is 3. The Kier molecular flexibility index (Phi) is 7.07. The minimum atomic E-state index is -3.81. The number of piperazine rings is 1. The third-order valence-electron chi connectivity index (χ3n) is 7.69. The quantitative estimate of drug-likeness (QED) is 0.446. The molecular weight excluding hydrogens is 516 g/mol. The van der Waals surface area contributed by atoms with Crippen LogP contribution in [0.3, 0.4) is 0 Å². The fraction of sp³-hybridized carbons (Fsp3) is 0.267. The van der Waals surface area contributed by atoms with E-state index in [1.54, 1.807) is 36.4 Å². The van der Waals surface area contributed by atoms with Crippen LogP contribution in [0.4, 0.5) is 5.69 Å². The number of allylic oxidation sites excluding steroid dienone is 3. The van der Waals surface area contributed by atoms with Crippen molar-refractivity contribution < 1.29 is 16.8 Å². The summed E-state index contributed by atoms with van der Waals surface area (Å²) in [6.45, 7) is 2.67. The molecule has 0 spiro atoms. The molecule has 2 aliphatic rings. The van der Waals surface area contributed by atoms with E-state index >= 15 is 0 Å². The van der Waals surface area contributed by atoms with E-state index in [1.165, 1.54) is 10.6 Å². The molecule has 3 aromatic rings. The fourth-order valence-electron chi connectivity index (χ4n) is 5.63. The minimum Gasteiger partial charge on any atom is -0.364 e. The van der Waals surface area contributed by atoms with Gasteiger partial charge in [0, 0.05) is 31.6 Å². The lowest BCUT2D eigenvalue weighted by Crippen LogP contribution is -2.65. The topological polar surface area (TPSA) is 74.8 Å². The molecule has 0 saturated carbocycles. The largest absolute Gasteiger partial charge is 0.364 e. The maximum atomic E-state index is 13.8. The number of para-hydroxylation sites is 1. The zero-order chi connectivity index (χ0) is 27.0. The molecule has 1 aliphatic carbocycles. The minimum absolute atomic E-state index is 0.0467. The molecule has 1 heterocycles. The molecule has 1 aliphatic heterocycles. The molecule has 0 N–H and O–H groups in total. The zero-order valence-corrected chi connectivity index (χ0v) is 23.2. The average molecular weight is 549 g/mol. The van der Waals surface area contributed by atoms with Crippen molar-refractivity contribution in [3.05, 3.63) is 114 Å². The monoisotopic (exact) mass is 548 g/mol. The highest BCUT2D eigenvalue weighted by Crippen LogP contribution is 2.43. The number of sulfone groups is 1. The smallest absolute Gasteiger partial charge is 0.243 e. The number of aryl methyl sites for hydroxylation is 1. The van der Waals surface area contributed by atoms with Gasteiger partial charge in [-0.25, -0.2) is 16.8 Å². The molecule has 198 valence electrons. The van der Waals surface area contributed by atoms with Crippen molar-refractivity contribution in [3.63, 3.8) is 0 Å². The first kappa shape index (κ1) is 26.4. The Morgan fingerprint density at radius 3 is 2.11 bits per heavy atom. The second-order valence-corrected chi connectivity index (χ2v) is 14.2. The van der Waals surface area contributed by atoms with Gasteiger partial charge in [0.25, 0.3) is 0 Å². The molecule has 0 radical (unpaired) electrons. The van der Waals surface area contributed by atoms with Crippen LogP contribution in [0, 0.1) is 6.92 Å². The van der Waals surface area contributed by atoms with E-state index in [1.807, 2.05) is 73.7 Å². The summed E-state index contributed by atoms with van der Waals surface area (Å²) in [4.78, 5) is 2.31. The van der Waals surface area contributed by atoms with Crippen LogP contribution in [0.2, 0.25) is 0 Å². The van der Waals surface area contributed by atoms with Gasteiger partial charge in [0.1, 0.15) is 4.75 Å². The first-order chi connectivity index (χ1) is 18.1. The van der Waals surface area contributed by atoms with Gasteiger partial charge in [-0.15, -0.1) is 0 Å². The second kappa shape index (κ2) is 10.2. The lowest BCUT2D eigenvalue weighted by atomic mass is 9.82. The van der Waals surface area contributed by atoms with Crippen LogP contribution in [0.1, 0.15) is 17.5 Å². The van der Waals surface area contributed by atoms with Gasteiger partial charge in [-0.2, -0.15) is 4.31 Å². The highest BCUT2D eigenvalue weighted by molar-refractivity contribution is 7.92. The van der Waals surface area contributed by atoms with Crippen molar-refractivity contribution in [1.29, 1.82) is 0 Å². The number of anilines is 1. The lowest BCUT2D eigenvalue weighted by Gasteiger charge is -2.50. The summed E-state index contributed by atoms with van der Waals surface area (Å²) in [6.07, 6.45) is 7.06. The van der Waals surface area contributed by atoms with Gasteiger partial charge in [-0.3, -0.25) is 0 Å². The van der Waals surface area contributed by atoms with Gasteiger partial charge in [-0.1, -0.05) is 85.0 Å². The van der Waals surface area contributed by atoms with Crippen LogP contribution in [0.15, 0.2) is 108 Å². The van der Waals surface area contributed by atoms with Crippen molar-refractivity contribution in [1.82, 2.24) is 4.31 Å². The number of nitrogens with zero attached hydrogens (tertiary/aromatic N) is 2. The van der Waals surface area contributed by atoms with Gasteiger partial charge in [0.15, 0.2) is 9.84 Å². The van der Waals surface area contributed by atoms with E-state index in [4.69, 9.17) is 0 Å². The molecule has 0 amide bonds. The highest BCUT2D eigenvalue weighted by Gasteiger charge is 2.52. The summed E-state index contributed by atoms with van der Waals surface area (Å²) in [5.74, 6) is 0. The Bertz CT molecular complexity index is 1580. The Morgan fingerprint density at radius 2 is 1.45 bits per heavy atom. The molecule has 0 aromatic heterocycles. The first-order valence-corrected chi connectivity index (χ1v) is 16.0. The molecule has 0 bridgehead atoms. The fourth-order valence-corrected chi connectivity index (χ4v) is 8.53. The van der Waals surface area contributed by atoms with Crippen molar-refractivity contribution in [3.8, 4) is 0 Å². The van der Waals surface area contributed by atoms with E-state index in [-0.39, 0.29) is 24.4 Å². The van der Waals surface area contributed by atoms with Crippen molar-refractivity contribution in [2.24, 2.45) is 0 Å². The van der Waals surface area contributed by atoms with E-state index in [2.05, 4.69) is 4.90 Å². The van der Waals surface area contributed by atoms with Crippen LogP contribution in [0.25, 0.3) is 5.57 Å². The molecule has 1 saturated heterocycles. The molecule has 38 heavy (non-hydrogen) atoms. The third-order valence-corrected chi connectivity index (χ3v) is 11.5. The molecule has 6 nitrogen and oxygen atoms in total. The van der Waals surface area contributed by atoms with Gasteiger partial charge < -0.3 is 4.90 Å². The van der Waals surface area contributed by atoms with E-state index in [0.717, 1.165) is 22.4 Å². The van der Waals surface area contributed by atoms with Crippen LogP contribution >= 0.6 is 0 Å². The lowest BCUT2D eigenvalue weighted by molar-refractivity contribution is 0.303. The zero-order valence-electron chi connectivity index (χ0n) is 21.6. The predicted octanol–water partition coefficient (Wildman–Crippen LogP) is 4.70. The summed E-state index contributed by atoms with van der Waals surface area (Å²) in [7, 11) is -7.52. The van der Waals surface area contributed by atoms with Crippen LogP contribution in [0.5, 0.6) is 0 Å². The first-order valence-electron chi connectivity index (χ1n) is 12.6. The normalized spacial score (nSPS) is 22.7. The van der Waals surface area contributed by atoms with E-state index < -0.39 is 30.6 Å². The van der Waals surface area contributed by atoms with Crippen molar-refractivity contribution in [2.45, 2.75) is 29.0 Å². The van der Waals surface area contributed by atoms with Crippen molar-refractivity contribution in [2.75, 3.05) is 30.8 Å². The van der Waals surface area contributed by atoms with Crippen LogP contribution < -0.4 is 4.90 Å². The van der Waals surface area contributed by atoms with Crippen molar-refractivity contribution >= 4 is 31.1 Å². The van der Waals surface area contributed by atoms with Crippen LogP contribution in [-0.4, -0.2) is 57.8 Å². The summed E-state index contributed by atoms with van der Waals surface area (Å²) in [5.41, 5.74) is 3.80. The maximum absolute atomic E-state index is 13.8. The van der Waals surface area contributed by atoms with E-state index in [9.17, 15) is 16.8 Å². The highest BCUT2D eigenvalue weighted by atomic mass is 32.2. The molecule has 8 heteroatoms. The Hall–Kier alpha value is -3.20. The van der Waals surface area contributed by atoms with Gasteiger partial charge in [0.05, 0.1) is 10.9 Å². The van der Waals surface area contributed by atoms with E-state index in [0.29, 0.717) is 6.54 Å². The number of hydrogen-bond donors (Lipinski definition) is 0. The third kappa shape index (κ3) is 4.72. The SMILES string of the molecule is Cc1ccccc1N1CCN(S(=O)(=O)c2ccccc2)CC1C1(S(C)(=O)=O)C=CC=C(c2ccccc2)C1. The molecule has 3 aromatic carbocycles. The molecule has 5 rings (SSSR count). The predicted molar refractivity (Wildman–Crippen MR) is 153 cm³/mol. The standard InChI is InChI=1S/C30H32N2O4S2/c1-24-12-9-10-18-28(24)32-21-20-31(38(35,36)27-16-7-4-8-17-27)23-29(32)30(37(2,33)34)19-11-15-26(22-30)25-13-5-3-6-14-25/h3-19,29H,20-23H2,1-2H3. The summed E-state index contributed by atoms with van der Waals surface area (Å²) >= 11 is 0. The summed E-state index contributed by atoms with van der Waals surface area (Å²) in [6, 6.07) is 25.3. The second-order valence-electron chi connectivity index (χ2n) is 9.99. The molecule has 1 fully saturated rings. The van der Waals surface area contributed by atoms with Crippen LogP contribution in [-0.2, 0) is 19.9 Å². The average Bonchev–Trinajstić information content (AvgIpc) is 2.93. The molecule has 2 unspecified atom stereocenters. The molecular formula is C30H32N2O4S2. The Labute approximate surface area is 225 Å². The van der Waals surface area contributed by atoms with Gasteiger partial charge in [-0.05, 0) is 48.2 Å². The number of hydrogen-bond acceptors (Lipinski definition) is 5. The summed E-state index contributed by atoms with van der Waals surface area (Å²) < 4.78 is 55.1. The number of rotatable bonds is 6. The Morgan fingerprint density at radius 1 is 0.816 bits per heavy atom.